The zero-order chi connectivity index (χ0) is 21.0. The van der Waals surface area contributed by atoms with E-state index in [9.17, 15) is 4.79 Å². The van der Waals surface area contributed by atoms with Crippen LogP contribution >= 0.6 is 0 Å². The number of rotatable bonds is 6. The normalized spacial score (nSPS) is 10.8. The van der Waals surface area contributed by atoms with Crippen molar-refractivity contribution in [2.45, 2.75) is 6.61 Å². The molecule has 2 aromatic carbocycles. The number of ether oxygens (including phenoxy) is 1. The Balaban J connectivity index is 1.24. The van der Waals surface area contributed by atoms with Gasteiger partial charge in [0.05, 0.1) is 11.4 Å². The number of carbonyl (C=O) groups is 1. The molecule has 0 aliphatic carbocycles. The molecule has 3 heterocycles. The molecular formula is C23H18N6O2. The third-order valence-corrected chi connectivity index (χ3v) is 4.71. The lowest BCUT2D eigenvalue weighted by Crippen LogP contribution is -2.12. The fourth-order valence-corrected chi connectivity index (χ4v) is 3.18. The molecular weight excluding hydrogens is 392 g/mol. The molecule has 0 bridgehead atoms. The van der Waals surface area contributed by atoms with Crippen LogP contribution in [0, 0.1) is 0 Å². The maximum Gasteiger partial charge on any atom is 0.255 e. The van der Waals surface area contributed by atoms with Crippen LogP contribution < -0.4 is 10.1 Å². The van der Waals surface area contributed by atoms with Gasteiger partial charge in [0.15, 0.2) is 0 Å². The van der Waals surface area contributed by atoms with E-state index in [1.165, 1.54) is 6.33 Å². The molecule has 31 heavy (non-hydrogen) atoms. The van der Waals surface area contributed by atoms with E-state index < -0.39 is 0 Å². The van der Waals surface area contributed by atoms with Gasteiger partial charge < -0.3 is 14.5 Å². The van der Waals surface area contributed by atoms with Crippen molar-refractivity contribution in [1.29, 1.82) is 0 Å². The maximum absolute atomic E-state index is 12.7. The minimum atomic E-state index is -0.216. The van der Waals surface area contributed by atoms with Gasteiger partial charge in [-0.25, -0.2) is 14.6 Å². The molecule has 8 heteroatoms. The summed E-state index contributed by atoms with van der Waals surface area (Å²) in [7, 11) is 0. The van der Waals surface area contributed by atoms with Crippen LogP contribution in [0.3, 0.4) is 0 Å². The van der Waals surface area contributed by atoms with Crippen LogP contribution in [0.15, 0.2) is 91.8 Å². The molecule has 0 spiro atoms. The number of hydrogen-bond acceptors (Lipinski definition) is 5. The van der Waals surface area contributed by atoms with Crippen molar-refractivity contribution in [3.63, 3.8) is 0 Å². The Morgan fingerprint density at radius 3 is 2.74 bits per heavy atom. The predicted molar refractivity (Wildman–Crippen MR) is 115 cm³/mol. The summed E-state index contributed by atoms with van der Waals surface area (Å²) >= 11 is 0. The van der Waals surface area contributed by atoms with Crippen LogP contribution in [0.4, 0.5) is 5.69 Å². The highest BCUT2D eigenvalue weighted by Crippen LogP contribution is 2.18. The van der Waals surface area contributed by atoms with Gasteiger partial charge in [-0.05, 0) is 54.6 Å². The van der Waals surface area contributed by atoms with E-state index in [-0.39, 0.29) is 5.91 Å². The first kappa shape index (κ1) is 18.6. The fraction of sp³-hybridized carbons (Fsp3) is 0.0435. The van der Waals surface area contributed by atoms with E-state index in [4.69, 9.17) is 4.74 Å². The smallest absolute Gasteiger partial charge is 0.255 e. The molecule has 3 aromatic heterocycles. The molecule has 0 atom stereocenters. The highest BCUT2D eigenvalue weighted by molar-refractivity contribution is 6.04. The number of hydrogen-bond donors (Lipinski definition) is 1. The van der Waals surface area contributed by atoms with Gasteiger partial charge in [-0.2, -0.15) is 5.10 Å². The van der Waals surface area contributed by atoms with Crippen molar-refractivity contribution in [2.24, 2.45) is 0 Å². The number of fused-ring (bicyclic) bond motifs is 1. The molecule has 0 saturated carbocycles. The molecule has 0 saturated heterocycles. The number of pyridine rings is 1. The van der Waals surface area contributed by atoms with Crippen LogP contribution in [-0.2, 0) is 6.61 Å². The quantitative estimate of drug-likeness (QED) is 0.461. The summed E-state index contributed by atoms with van der Waals surface area (Å²) in [5.74, 6) is 0.387. The first-order valence-electron chi connectivity index (χ1n) is 9.66. The number of aromatic nitrogens is 5. The average molecular weight is 410 g/mol. The van der Waals surface area contributed by atoms with E-state index in [0.29, 0.717) is 23.6 Å². The van der Waals surface area contributed by atoms with Crippen molar-refractivity contribution in [2.75, 3.05) is 5.32 Å². The van der Waals surface area contributed by atoms with Crippen molar-refractivity contribution < 1.29 is 9.53 Å². The molecule has 0 aliphatic rings. The Hall–Kier alpha value is -4.46. The van der Waals surface area contributed by atoms with Crippen LogP contribution in [0.5, 0.6) is 5.75 Å². The molecule has 152 valence electrons. The van der Waals surface area contributed by atoms with Crippen LogP contribution in [0.1, 0.15) is 16.1 Å². The molecule has 0 fully saturated rings. The third-order valence-electron chi connectivity index (χ3n) is 4.71. The number of nitrogens with one attached hydrogen (secondary N) is 1. The maximum atomic E-state index is 12.7. The van der Waals surface area contributed by atoms with Gasteiger partial charge in [0.25, 0.3) is 5.91 Å². The lowest BCUT2D eigenvalue weighted by molar-refractivity contribution is 0.102. The summed E-state index contributed by atoms with van der Waals surface area (Å²) in [4.78, 5) is 21.1. The van der Waals surface area contributed by atoms with Gasteiger partial charge in [-0.3, -0.25) is 4.79 Å². The molecule has 5 aromatic rings. The van der Waals surface area contributed by atoms with Gasteiger partial charge in [0, 0.05) is 23.6 Å². The zero-order valence-electron chi connectivity index (χ0n) is 16.4. The van der Waals surface area contributed by atoms with Gasteiger partial charge in [0.2, 0.25) is 0 Å². The Labute approximate surface area is 177 Å². The summed E-state index contributed by atoms with van der Waals surface area (Å²) in [5, 5.41) is 6.98. The summed E-state index contributed by atoms with van der Waals surface area (Å²) in [6.07, 6.45) is 6.95. The van der Waals surface area contributed by atoms with Crippen molar-refractivity contribution in [3.05, 3.63) is 103 Å². The highest BCUT2D eigenvalue weighted by atomic mass is 16.5. The number of benzene rings is 2. The Morgan fingerprint density at radius 1 is 1.03 bits per heavy atom. The fourth-order valence-electron chi connectivity index (χ4n) is 3.18. The molecule has 0 aliphatic heterocycles. The molecule has 8 nitrogen and oxygen atoms in total. The number of anilines is 1. The lowest BCUT2D eigenvalue weighted by atomic mass is 10.2. The SMILES string of the molecule is O=C(Nc1ccc(-n2cncn2)cc1)c1cccc(OCc2cn3ccccc3n2)c1. The number of nitrogens with zero attached hydrogens (tertiary/aromatic N) is 5. The highest BCUT2D eigenvalue weighted by Gasteiger charge is 2.09. The Morgan fingerprint density at radius 2 is 1.94 bits per heavy atom. The average Bonchev–Trinajstić information content (AvgIpc) is 3.48. The lowest BCUT2D eigenvalue weighted by Gasteiger charge is -2.09. The van der Waals surface area contributed by atoms with Gasteiger partial charge in [-0.1, -0.05) is 12.1 Å². The summed E-state index contributed by atoms with van der Waals surface area (Å²) in [6, 6.07) is 20.3. The molecule has 1 N–H and O–H groups in total. The molecule has 0 unspecified atom stereocenters. The largest absolute Gasteiger partial charge is 0.487 e. The topological polar surface area (TPSA) is 86.3 Å². The summed E-state index contributed by atoms with van der Waals surface area (Å²) < 4.78 is 9.44. The molecule has 0 radical (unpaired) electrons. The van der Waals surface area contributed by atoms with E-state index in [1.54, 1.807) is 29.2 Å². The minimum Gasteiger partial charge on any atom is -0.487 e. The van der Waals surface area contributed by atoms with E-state index in [2.05, 4.69) is 20.4 Å². The second kappa shape index (κ2) is 8.11. The van der Waals surface area contributed by atoms with Crippen LogP contribution in [0.2, 0.25) is 0 Å². The monoisotopic (exact) mass is 410 g/mol. The molecule has 5 rings (SSSR count). The first-order chi connectivity index (χ1) is 15.2. The second-order valence-electron chi connectivity index (χ2n) is 6.86. The third kappa shape index (κ3) is 4.13. The van der Waals surface area contributed by atoms with Crippen molar-refractivity contribution in [1.82, 2.24) is 24.1 Å². The van der Waals surface area contributed by atoms with E-state index in [1.807, 2.05) is 65.3 Å². The number of carbonyl (C=O) groups excluding carboxylic acids is 1. The number of imidazole rings is 1. The first-order valence-corrected chi connectivity index (χ1v) is 9.66. The number of amides is 1. The van der Waals surface area contributed by atoms with Gasteiger partial charge >= 0.3 is 0 Å². The van der Waals surface area contributed by atoms with E-state index >= 15 is 0 Å². The van der Waals surface area contributed by atoms with E-state index in [0.717, 1.165) is 17.0 Å². The van der Waals surface area contributed by atoms with Crippen molar-refractivity contribution in [3.8, 4) is 11.4 Å². The standard InChI is InChI=1S/C23H18N6O2/c30-23(27-18-7-9-20(10-8-18)29-16-24-15-25-29)17-4-3-5-21(12-17)31-14-19-13-28-11-2-1-6-22(28)26-19/h1-13,15-16H,14H2,(H,27,30). The minimum absolute atomic E-state index is 0.216. The summed E-state index contributed by atoms with van der Waals surface area (Å²) in [5.41, 5.74) is 3.73. The Bertz CT molecular complexity index is 1290. The zero-order valence-corrected chi connectivity index (χ0v) is 16.4. The predicted octanol–water partition coefficient (Wildman–Crippen LogP) is 3.75. The van der Waals surface area contributed by atoms with Crippen LogP contribution in [0.25, 0.3) is 11.3 Å². The van der Waals surface area contributed by atoms with Crippen molar-refractivity contribution >= 4 is 17.2 Å². The molecule has 1 amide bonds. The Kier molecular flexibility index (Phi) is 4.86. The van der Waals surface area contributed by atoms with Gasteiger partial charge in [0.1, 0.15) is 30.7 Å². The van der Waals surface area contributed by atoms with Crippen LogP contribution in [-0.4, -0.2) is 30.1 Å². The summed E-state index contributed by atoms with van der Waals surface area (Å²) in [6.45, 7) is 0.316. The van der Waals surface area contributed by atoms with Gasteiger partial charge in [-0.15, -0.1) is 0 Å². The second-order valence-corrected chi connectivity index (χ2v) is 6.86.